The van der Waals surface area contributed by atoms with E-state index in [1.54, 1.807) is 12.1 Å². The highest BCUT2D eigenvalue weighted by Crippen LogP contribution is 2.26. The number of aryl methyl sites for hydroxylation is 1. The van der Waals surface area contributed by atoms with Gasteiger partial charge in [-0.3, -0.25) is 14.9 Å². The molecule has 8 nitrogen and oxygen atoms in total. The summed E-state index contributed by atoms with van der Waals surface area (Å²) in [6, 6.07) is 8.37. The number of esters is 1. The van der Waals surface area contributed by atoms with Crippen molar-refractivity contribution in [2.75, 3.05) is 19.0 Å². The number of ether oxygens (including phenoxy) is 2. The standard InChI is InChI=1S/C17H15ClN2O6/c1-10-3-4-11(7-15(10)25-2)17(22)26-9-16(21)19-14-8-12(20(23)24)5-6-13(14)18/h3-8H,9H2,1-2H3,(H,19,21). The Labute approximate surface area is 153 Å². The first-order valence-corrected chi connectivity index (χ1v) is 7.75. The predicted octanol–water partition coefficient (Wildman–Crippen LogP) is 3.36. The molecule has 0 saturated carbocycles. The molecule has 26 heavy (non-hydrogen) atoms. The molecule has 0 bridgehead atoms. The maximum Gasteiger partial charge on any atom is 0.338 e. The molecule has 1 N–H and O–H groups in total. The van der Waals surface area contributed by atoms with E-state index in [4.69, 9.17) is 21.1 Å². The van der Waals surface area contributed by atoms with Crippen molar-refractivity contribution in [3.05, 3.63) is 62.7 Å². The summed E-state index contributed by atoms with van der Waals surface area (Å²) in [5.74, 6) is -0.865. The molecule has 0 radical (unpaired) electrons. The van der Waals surface area contributed by atoms with Gasteiger partial charge in [0.2, 0.25) is 0 Å². The quantitative estimate of drug-likeness (QED) is 0.469. The Kier molecular flexibility index (Phi) is 6.13. The minimum absolute atomic E-state index is 0.0546. The zero-order chi connectivity index (χ0) is 19.3. The first kappa shape index (κ1) is 19.2. The molecular weight excluding hydrogens is 364 g/mol. The van der Waals surface area contributed by atoms with E-state index >= 15 is 0 Å². The van der Waals surface area contributed by atoms with Gasteiger partial charge in [0.1, 0.15) is 5.75 Å². The molecule has 0 aliphatic heterocycles. The lowest BCUT2D eigenvalue weighted by Gasteiger charge is -2.09. The molecule has 0 aromatic heterocycles. The molecule has 0 heterocycles. The topological polar surface area (TPSA) is 108 Å². The van der Waals surface area contributed by atoms with Gasteiger partial charge in [-0.25, -0.2) is 4.79 Å². The van der Waals surface area contributed by atoms with Crippen LogP contribution in [0.2, 0.25) is 5.02 Å². The van der Waals surface area contributed by atoms with Crippen LogP contribution in [0.25, 0.3) is 0 Å². The number of nitrogens with one attached hydrogen (secondary N) is 1. The van der Waals surface area contributed by atoms with Crippen molar-refractivity contribution < 1.29 is 24.0 Å². The molecule has 0 aliphatic rings. The Hall–Kier alpha value is -3.13. The number of benzene rings is 2. The first-order chi connectivity index (χ1) is 12.3. The van der Waals surface area contributed by atoms with Crippen LogP contribution >= 0.6 is 11.6 Å². The number of anilines is 1. The summed E-state index contributed by atoms with van der Waals surface area (Å²) in [4.78, 5) is 34.1. The summed E-state index contributed by atoms with van der Waals surface area (Å²) in [6.45, 7) is 1.25. The number of hydrogen-bond acceptors (Lipinski definition) is 6. The summed E-state index contributed by atoms with van der Waals surface area (Å²) in [7, 11) is 1.48. The highest BCUT2D eigenvalue weighted by Gasteiger charge is 2.15. The first-order valence-electron chi connectivity index (χ1n) is 7.37. The lowest BCUT2D eigenvalue weighted by Crippen LogP contribution is -2.21. The van der Waals surface area contributed by atoms with Gasteiger partial charge in [-0.15, -0.1) is 0 Å². The van der Waals surface area contributed by atoms with E-state index in [1.807, 2.05) is 6.92 Å². The average molecular weight is 379 g/mol. The second-order valence-electron chi connectivity index (χ2n) is 5.23. The van der Waals surface area contributed by atoms with Gasteiger partial charge in [0.25, 0.3) is 11.6 Å². The third-order valence-electron chi connectivity index (χ3n) is 3.41. The van der Waals surface area contributed by atoms with Crippen LogP contribution in [-0.4, -0.2) is 30.5 Å². The maximum absolute atomic E-state index is 12.0. The molecule has 0 saturated heterocycles. The third kappa shape index (κ3) is 4.70. The van der Waals surface area contributed by atoms with E-state index in [0.717, 1.165) is 11.6 Å². The molecule has 2 rings (SSSR count). The number of carbonyl (C=O) groups is 2. The number of nitrogens with zero attached hydrogens (tertiary/aromatic N) is 1. The molecule has 9 heteroatoms. The average Bonchev–Trinajstić information content (AvgIpc) is 2.61. The van der Waals surface area contributed by atoms with Gasteiger partial charge in [-0.2, -0.15) is 0 Å². The largest absolute Gasteiger partial charge is 0.496 e. The van der Waals surface area contributed by atoms with Gasteiger partial charge in [-0.05, 0) is 30.7 Å². The van der Waals surface area contributed by atoms with Gasteiger partial charge < -0.3 is 14.8 Å². The van der Waals surface area contributed by atoms with Crippen molar-refractivity contribution >= 4 is 34.9 Å². The van der Waals surface area contributed by atoms with E-state index in [0.29, 0.717) is 5.75 Å². The summed E-state index contributed by atoms with van der Waals surface area (Å²) in [5.41, 5.74) is 0.906. The van der Waals surface area contributed by atoms with Crippen LogP contribution < -0.4 is 10.1 Å². The Balaban J connectivity index is 2.00. The van der Waals surface area contributed by atoms with Crippen LogP contribution in [-0.2, 0) is 9.53 Å². The lowest BCUT2D eigenvalue weighted by molar-refractivity contribution is -0.384. The van der Waals surface area contributed by atoms with E-state index in [2.05, 4.69) is 5.32 Å². The fourth-order valence-corrected chi connectivity index (χ4v) is 2.24. The van der Waals surface area contributed by atoms with Crippen LogP contribution in [0.5, 0.6) is 5.75 Å². The smallest absolute Gasteiger partial charge is 0.338 e. The molecule has 2 aromatic carbocycles. The molecule has 0 unspecified atom stereocenters. The van der Waals surface area contributed by atoms with Gasteiger partial charge in [0.05, 0.1) is 28.3 Å². The van der Waals surface area contributed by atoms with Crippen LogP contribution in [0.3, 0.4) is 0 Å². The van der Waals surface area contributed by atoms with Crippen molar-refractivity contribution in [3.8, 4) is 5.75 Å². The minimum Gasteiger partial charge on any atom is -0.496 e. The molecule has 136 valence electrons. The zero-order valence-corrected chi connectivity index (χ0v) is 14.7. The number of rotatable bonds is 6. The normalized spacial score (nSPS) is 10.1. The molecule has 0 atom stereocenters. The molecule has 0 aliphatic carbocycles. The monoisotopic (exact) mass is 378 g/mol. The highest BCUT2D eigenvalue weighted by molar-refractivity contribution is 6.33. The zero-order valence-electron chi connectivity index (χ0n) is 13.9. The highest BCUT2D eigenvalue weighted by atomic mass is 35.5. The van der Waals surface area contributed by atoms with Crippen LogP contribution in [0, 0.1) is 17.0 Å². The molecule has 2 aromatic rings. The Bertz CT molecular complexity index is 868. The third-order valence-corrected chi connectivity index (χ3v) is 3.74. The molecule has 0 fully saturated rings. The number of nitro groups is 1. The van der Waals surface area contributed by atoms with Gasteiger partial charge in [-0.1, -0.05) is 17.7 Å². The Morgan fingerprint density at radius 1 is 1.23 bits per heavy atom. The lowest BCUT2D eigenvalue weighted by atomic mass is 10.1. The van der Waals surface area contributed by atoms with Gasteiger partial charge >= 0.3 is 5.97 Å². The van der Waals surface area contributed by atoms with Gasteiger partial charge in [0, 0.05) is 12.1 Å². The summed E-state index contributed by atoms with van der Waals surface area (Å²) in [6.07, 6.45) is 0. The van der Waals surface area contributed by atoms with Crippen molar-refractivity contribution in [1.82, 2.24) is 0 Å². The second kappa shape index (κ2) is 8.30. The van der Waals surface area contributed by atoms with E-state index < -0.39 is 23.4 Å². The van der Waals surface area contributed by atoms with Crippen molar-refractivity contribution in [2.45, 2.75) is 6.92 Å². The molecule has 0 spiro atoms. The molecular formula is C17H15ClN2O6. The van der Waals surface area contributed by atoms with Crippen molar-refractivity contribution in [2.24, 2.45) is 0 Å². The number of methoxy groups -OCH3 is 1. The van der Waals surface area contributed by atoms with Crippen LogP contribution in [0.1, 0.15) is 15.9 Å². The van der Waals surface area contributed by atoms with E-state index in [9.17, 15) is 19.7 Å². The summed E-state index contributed by atoms with van der Waals surface area (Å²) < 4.78 is 10.1. The summed E-state index contributed by atoms with van der Waals surface area (Å²) in [5, 5.41) is 13.3. The maximum atomic E-state index is 12.0. The Morgan fingerprint density at radius 2 is 1.96 bits per heavy atom. The summed E-state index contributed by atoms with van der Waals surface area (Å²) >= 11 is 5.89. The van der Waals surface area contributed by atoms with E-state index in [-0.39, 0.29) is 22.0 Å². The van der Waals surface area contributed by atoms with Gasteiger partial charge in [0.15, 0.2) is 6.61 Å². The SMILES string of the molecule is COc1cc(C(=O)OCC(=O)Nc2cc([N+](=O)[O-])ccc2Cl)ccc1C. The predicted molar refractivity (Wildman–Crippen MR) is 94.7 cm³/mol. The minimum atomic E-state index is -0.705. The number of hydrogen-bond donors (Lipinski definition) is 1. The number of carbonyl (C=O) groups excluding carboxylic acids is 2. The molecule has 1 amide bonds. The number of non-ortho nitro benzene ring substituents is 1. The number of nitro benzene ring substituents is 1. The van der Waals surface area contributed by atoms with Crippen molar-refractivity contribution in [3.63, 3.8) is 0 Å². The number of amides is 1. The van der Waals surface area contributed by atoms with E-state index in [1.165, 1.54) is 25.3 Å². The second-order valence-corrected chi connectivity index (χ2v) is 5.64. The van der Waals surface area contributed by atoms with Crippen molar-refractivity contribution in [1.29, 1.82) is 0 Å². The fraction of sp³-hybridized carbons (Fsp3) is 0.176. The van der Waals surface area contributed by atoms with Crippen LogP contribution in [0.15, 0.2) is 36.4 Å². The van der Waals surface area contributed by atoms with Crippen LogP contribution in [0.4, 0.5) is 11.4 Å². The number of halogens is 1. The Morgan fingerprint density at radius 3 is 2.62 bits per heavy atom. The fourth-order valence-electron chi connectivity index (χ4n) is 2.07.